The molecule has 0 spiro atoms. The number of rotatable bonds is 3. The molecule has 0 bridgehead atoms. The molecule has 24 heavy (non-hydrogen) atoms. The topological polar surface area (TPSA) is 84.2 Å². The van der Waals surface area contributed by atoms with Crippen molar-refractivity contribution in [1.29, 1.82) is 0 Å². The van der Waals surface area contributed by atoms with Crippen LogP contribution >= 0.6 is 0 Å². The molecule has 0 aliphatic rings. The monoisotopic (exact) mass is 323 g/mol. The second-order valence-corrected chi connectivity index (χ2v) is 5.64. The van der Waals surface area contributed by atoms with Crippen molar-refractivity contribution in [2.24, 2.45) is 0 Å². The van der Waals surface area contributed by atoms with Gasteiger partial charge in [0.25, 0.3) is 5.91 Å². The average molecular weight is 323 g/mol. The number of amides is 2. The van der Waals surface area contributed by atoms with E-state index in [0.717, 1.165) is 11.1 Å². The maximum Gasteiger partial charge on any atom is 0.302 e. The Morgan fingerprint density at radius 1 is 1.00 bits per heavy atom. The molecule has 122 valence electrons. The Balaban J connectivity index is 1.82. The minimum Gasteiger partial charge on any atom is -0.423 e. The number of anilines is 2. The fraction of sp³-hybridized carbons (Fsp3) is 0.167. The largest absolute Gasteiger partial charge is 0.423 e. The van der Waals surface area contributed by atoms with Crippen molar-refractivity contribution in [3.05, 3.63) is 53.1 Å². The maximum atomic E-state index is 12.3. The number of aromatic nitrogens is 1. The number of carbonyl (C=O) groups excluding carboxylic acids is 2. The van der Waals surface area contributed by atoms with Gasteiger partial charge in [0, 0.05) is 24.2 Å². The molecular formula is C18H17N3O3. The van der Waals surface area contributed by atoms with Crippen LogP contribution in [0.2, 0.25) is 0 Å². The van der Waals surface area contributed by atoms with Crippen molar-refractivity contribution in [2.75, 3.05) is 10.6 Å². The molecule has 2 N–H and O–H groups in total. The van der Waals surface area contributed by atoms with Gasteiger partial charge in [0.1, 0.15) is 5.52 Å². The first-order valence-corrected chi connectivity index (χ1v) is 7.49. The Labute approximate surface area is 138 Å². The minimum absolute atomic E-state index is 0.119. The maximum absolute atomic E-state index is 12.3. The summed E-state index contributed by atoms with van der Waals surface area (Å²) in [6.45, 7) is 5.37. The van der Waals surface area contributed by atoms with E-state index in [0.29, 0.717) is 22.4 Å². The molecule has 2 aromatic carbocycles. The highest BCUT2D eigenvalue weighted by Crippen LogP contribution is 2.23. The smallest absolute Gasteiger partial charge is 0.302 e. The number of fused-ring (bicyclic) bond motifs is 1. The van der Waals surface area contributed by atoms with Gasteiger partial charge in [0.05, 0.1) is 0 Å². The van der Waals surface area contributed by atoms with E-state index in [4.69, 9.17) is 4.42 Å². The molecule has 0 saturated carbocycles. The summed E-state index contributed by atoms with van der Waals surface area (Å²) in [5.41, 5.74) is 4.40. The number of hydrogen-bond acceptors (Lipinski definition) is 4. The quantitative estimate of drug-likeness (QED) is 0.770. The van der Waals surface area contributed by atoms with Crippen molar-refractivity contribution in [2.45, 2.75) is 20.8 Å². The second kappa shape index (κ2) is 6.16. The lowest BCUT2D eigenvalue weighted by molar-refractivity contribution is -0.114. The van der Waals surface area contributed by atoms with Gasteiger partial charge in [-0.1, -0.05) is 6.07 Å². The summed E-state index contributed by atoms with van der Waals surface area (Å²) in [7, 11) is 0. The summed E-state index contributed by atoms with van der Waals surface area (Å²) in [5.74, 6) is -0.455. The van der Waals surface area contributed by atoms with Crippen LogP contribution in [0.3, 0.4) is 0 Å². The van der Waals surface area contributed by atoms with E-state index < -0.39 is 0 Å². The van der Waals surface area contributed by atoms with Crippen molar-refractivity contribution in [3.63, 3.8) is 0 Å². The van der Waals surface area contributed by atoms with E-state index >= 15 is 0 Å². The third kappa shape index (κ3) is 3.27. The Morgan fingerprint density at radius 2 is 1.79 bits per heavy atom. The van der Waals surface area contributed by atoms with Gasteiger partial charge in [-0.05, 0) is 49.2 Å². The highest BCUT2D eigenvalue weighted by molar-refractivity contribution is 6.03. The first-order valence-electron chi connectivity index (χ1n) is 7.49. The zero-order chi connectivity index (χ0) is 17.3. The van der Waals surface area contributed by atoms with Gasteiger partial charge in [0.15, 0.2) is 5.58 Å². The molecule has 0 radical (unpaired) electrons. The van der Waals surface area contributed by atoms with Crippen LogP contribution in [0.4, 0.5) is 11.7 Å². The Kier molecular flexibility index (Phi) is 4.04. The van der Waals surface area contributed by atoms with Crippen LogP contribution in [0.15, 0.2) is 40.8 Å². The number of hydrogen-bond donors (Lipinski definition) is 2. The van der Waals surface area contributed by atoms with Crippen LogP contribution in [0.25, 0.3) is 11.1 Å². The van der Waals surface area contributed by atoms with Gasteiger partial charge in [-0.2, -0.15) is 4.98 Å². The van der Waals surface area contributed by atoms with E-state index in [2.05, 4.69) is 15.6 Å². The van der Waals surface area contributed by atoms with Gasteiger partial charge >= 0.3 is 6.01 Å². The number of oxazole rings is 1. The molecule has 3 aromatic rings. The molecule has 0 aliphatic carbocycles. The van der Waals surface area contributed by atoms with Gasteiger partial charge in [-0.3, -0.25) is 14.9 Å². The van der Waals surface area contributed by atoms with E-state index in [1.54, 1.807) is 24.3 Å². The zero-order valence-electron chi connectivity index (χ0n) is 13.6. The van der Waals surface area contributed by atoms with Crippen LogP contribution < -0.4 is 10.6 Å². The van der Waals surface area contributed by atoms with E-state index in [-0.39, 0.29) is 17.8 Å². The molecule has 3 rings (SSSR count). The van der Waals surface area contributed by atoms with Crippen molar-refractivity contribution in [1.82, 2.24) is 4.98 Å². The molecule has 6 heteroatoms. The van der Waals surface area contributed by atoms with Gasteiger partial charge in [-0.25, -0.2) is 0 Å². The Hall–Kier alpha value is -3.15. The zero-order valence-corrected chi connectivity index (χ0v) is 13.6. The van der Waals surface area contributed by atoms with Gasteiger partial charge in [-0.15, -0.1) is 0 Å². The summed E-state index contributed by atoms with van der Waals surface area (Å²) in [6.07, 6.45) is 0. The Bertz CT molecular complexity index is 944. The minimum atomic E-state index is -0.285. The van der Waals surface area contributed by atoms with Crippen LogP contribution in [0.1, 0.15) is 28.4 Å². The lowest BCUT2D eigenvalue weighted by Gasteiger charge is -2.04. The molecule has 1 heterocycles. The summed E-state index contributed by atoms with van der Waals surface area (Å²) in [5, 5.41) is 5.32. The third-order valence-electron chi connectivity index (χ3n) is 3.70. The Morgan fingerprint density at radius 3 is 2.50 bits per heavy atom. The highest BCUT2D eigenvalue weighted by atomic mass is 16.4. The summed E-state index contributed by atoms with van der Waals surface area (Å²) in [4.78, 5) is 27.6. The number of carbonyl (C=O) groups is 2. The van der Waals surface area contributed by atoms with E-state index in [9.17, 15) is 9.59 Å². The van der Waals surface area contributed by atoms with Gasteiger partial charge < -0.3 is 9.73 Å². The molecule has 0 fully saturated rings. The lowest BCUT2D eigenvalue weighted by atomic mass is 10.1. The summed E-state index contributed by atoms with van der Waals surface area (Å²) >= 11 is 0. The molecule has 0 unspecified atom stereocenters. The van der Waals surface area contributed by atoms with Crippen molar-refractivity contribution in [3.8, 4) is 0 Å². The van der Waals surface area contributed by atoms with Crippen LogP contribution in [-0.4, -0.2) is 16.8 Å². The second-order valence-electron chi connectivity index (χ2n) is 5.64. The third-order valence-corrected chi connectivity index (χ3v) is 3.70. The predicted octanol–water partition coefficient (Wildman–Crippen LogP) is 3.66. The molecular weight excluding hydrogens is 306 g/mol. The first kappa shape index (κ1) is 15.7. The number of nitrogens with zero attached hydrogens (tertiary/aromatic N) is 1. The van der Waals surface area contributed by atoms with Crippen molar-refractivity contribution < 1.29 is 14.0 Å². The molecule has 0 atom stereocenters. The van der Waals surface area contributed by atoms with Gasteiger partial charge in [0.2, 0.25) is 5.91 Å². The highest BCUT2D eigenvalue weighted by Gasteiger charge is 2.12. The lowest BCUT2D eigenvalue weighted by Crippen LogP contribution is -2.12. The molecule has 2 amide bonds. The van der Waals surface area contributed by atoms with Crippen LogP contribution in [-0.2, 0) is 4.79 Å². The molecule has 0 aliphatic heterocycles. The average Bonchev–Trinajstić information content (AvgIpc) is 2.90. The summed E-state index contributed by atoms with van der Waals surface area (Å²) < 4.78 is 5.54. The normalized spacial score (nSPS) is 10.6. The fourth-order valence-corrected chi connectivity index (χ4v) is 2.31. The SMILES string of the molecule is CC(=O)Nc1ccc2nc(NC(=O)c3ccc(C)c(C)c3)oc2c1. The number of benzene rings is 2. The van der Waals surface area contributed by atoms with Crippen molar-refractivity contribution >= 4 is 34.6 Å². The van der Waals surface area contributed by atoms with Crippen LogP contribution in [0, 0.1) is 13.8 Å². The first-order chi connectivity index (χ1) is 11.4. The molecule has 1 aromatic heterocycles. The van der Waals surface area contributed by atoms with Crippen LogP contribution in [0.5, 0.6) is 0 Å². The summed E-state index contributed by atoms with van der Waals surface area (Å²) in [6, 6.07) is 10.7. The van der Waals surface area contributed by atoms with E-state index in [1.807, 2.05) is 26.0 Å². The van der Waals surface area contributed by atoms with E-state index in [1.165, 1.54) is 6.92 Å². The fourth-order valence-electron chi connectivity index (χ4n) is 2.31. The number of nitrogens with one attached hydrogen (secondary N) is 2. The standard InChI is InChI=1S/C18H17N3O3/c1-10-4-5-13(8-11(10)2)17(23)21-18-20-15-7-6-14(19-12(3)22)9-16(15)24-18/h4-9H,1-3H3,(H,19,22)(H,20,21,23). The number of aryl methyl sites for hydroxylation is 2. The molecule has 6 nitrogen and oxygen atoms in total. The predicted molar refractivity (Wildman–Crippen MR) is 92.2 cm³/mol. The molecule has 0 saturated heterocycles.